The molecule has 0 saturated heterocycles. The smallest absolute Gasteiger partial charge is 0.210 e. The van der Waals surface area contributed by atoms with Gasteiger partial charge in [0, 0.05) is 34.4 Å². The van der Waals surface area contributed by atoms with Gasteiger partial charge in [-0.1, -0.05) is 13.3 Å². The van der Waals surface area contributed by atoms with Crippen LogP contribution >= 0.6 is 0 Å². The summed E-state index contributed by atoms with van der Waals surface area (Å²) in [7, 11) is -4.26. The number of primary sulfonamides is 1. The molecule has 1 fully saturated rings. The Morgan fingerprint density at radius 1 is 1.36 bits per heavy atom. The Labute approximate surface area is 136 Å². The predicted molar refractivity (Wildman–Crippen MR) is 91.8 cm³/mol. The number of nitrogens with two attached hydrogens (primary N) is 1. The molecule has 0 aliphatic heterocycles. The van der Waals surface area contributed by atoms with Gasteiger partial charge in [-0.2, -0.15) is 0 Å². The van der Waals surface area contributed by atoms with E-state index in [0.29, 0.717) is 18.3 Å². The van der Waals surface area contributed by atoms with Crippen LogP contribution in [0.2, 0.25) is 0 Å². The summed E-state index contributed by atoms with van der Waals surface area (Å²) in [5.74, 6) is 1.12. The summed E-state index contributed by atoms with van der Waals surface area (Å²) >= 11 is 0. The highest BCUT2D eigenvalue weighted by Gasteiger charge is 2.26. The second kappa shape index (κ2) is 9.46. The molecule has 0 aromatic rings. The van der Waals surface area contributed by atoms with Gasteiger partial charge >= 0.3 is 0 Å². The fraction of sp³-hybridized carbons (Fsp3) is 0.923. The van der Waals surface area contributed by atoms with Crippen LogP contribution in [-0.4, -0.2) is 54.5 Å². The summed E-state index contributed by atoms with van der Waals surface area (Å²) in [5, 5.41) is 11.6. The van der Waals surface area contributed by atoms with E-state index < -0.39 is 20.8 Å². The maximum atomic E-state index is 12.0. The van der Waals surface area contributed by atoms with Gasteiger partial charge in [-0.05, 0) is 26.2 Å². The van der Waals surface area contributed by atoms with Crippen molar-refractivity contribution in [3.63, 3.8) is 0 Å². The molecule has 0 aromatic carbocycles. The molecule has 0 spiro atoms. The second-order valence-electron chi connectivity index (χ2n) is 5.43. The topological polar surface area (TPSA) is 114 Å². The molecule has 0 aromatic heterocycles. The van der Waals surface area contributed by atoms with Crippen molar-refractivity contribution in [1.29, 1.82) is 0 Å². The van der Waals surface area contributed by atoms with Gasteiger partial charge in [-0.25, -0.2) is 13.6 Å². The molecule has 7 nitrogen and oxygen atoms in total. The summed E-state index contributed by atoms with van der Waals surface area (Å²) < 4.78 is 33.9. The van der Waals surface area contributed by atoms with E-state index in [0.717, 1.165) is 25.7 Å². The van der Waals surface area contributed by atoms with E-state index in [-0.39, 0.29) is 23.6 Å². The summed E-state index contributed by atoms with van der Waals surface area (Å²) in [6.07, 6.45) is 3.93. The van der Waals surface area contributed by atoms with Crippen LogP contribution in [-0.2, 0) is 20.8 Å². The molecule has 3 atom stereocenters. The van der Waals surface area contributed by atoms with Crippen LogP contribution in [0.25, 0.3) is 0 Å². The zero-order chi connectivity index (χ0) is 16.6. The third-order valence-corrected chi connectivity index (χ3v) is 6.11. The van der Waals surface area contributed by atoms with E-state index in [1.54, 1.807) is 0 Å². The van der Waals surface area contributed by atoms with Crippen LogP contribution in [0.15, 0.2) is 4.99 Å². The molecule has 1 aliphatic carbocycles. The lowest BCUT2D eigenvalue weighted by Gasteiger charge is -2.30. The van der Waals surface area contributed by atoms with Gasteiger partial charge in [0.1, 0.15) is 0 Å². The highest BCUT2D eigenvalue weighted by Crippen LogP contribution is 2.22. The number of aliphatic imine (C=N–C) groups is 1. The van der Waals surface area contributed by atoms with Crippen molar-refractivity contribution in [1.82, 2.24) is 10.6 Å². The van der Waals surface area contributed by atoms with E-state index in [1.807, 2.05) is 13.8 Å². The van der Waals surface area contributed by atoms with E-state index in [9.17, 15) is 12.6 Å². The van der Waals surface area contributed by atoms with E-state index in [4.69, 9.17) is 5.14 Å². The molecule has 0 bridgehead atoms. The molecule has 1 saturated carbocycles. The number of sulfonamides is 1. The zero-order valence-corrected chi connectivity index (χ0v) is 15.0. The summed E-state index contributed by atoms with van der Waals surface area (Å²) in [5.41, 5.74) is 0. The standard InChI is InChI=1S/C13H28N4O3S2/c1-3-15-13(16-8-9-22(14,19)20)17-11-6-5-7-12(10-11)21(18)4-2/h11-12H,3-10H2,1-2H3,(H2,14,19,20)(H2,15,16,17). The Morgan fingerprint density at radius 3 is 2.68 bits per heavy atom. The van der Waals surface area contributed by atoms with Gasteiger partial charge in [0.15, 0.2) is 5.96 Å². The van der Waals surface area contributed by atoms with E-state index in [2.05, 4.69) is 15.6 Å². The van der Waals surface area contributed by atoms with Crippen molar-refractivity contribution >= 4 is 26.8 Å². The van der Waals surface area contributed by atoms with Gasteiger partial charge in [0.05, 0.1) is 12.3 Å². The van der Waals surface area contributed by atoms with Crippen LogP contribution in [0.5, 0.6) is 0 Å². The van der Waals surface area contributed by atoms with Crippen molar-refractivity contribution in [2.75, 3.05) is 24.6 Å². The van der Waals surface area contributed by atoms with Gasteiger partial charge in [-0.15, -0.1) is 0 Å². The molecule has 0 radical (unpaired) electrons. The molecule has 1 rings (SSSR count). The molecule has 0 amide bonds. The van der Waals surface area contributed by atoms with Crippen LogP contribution in [0.3, 0.4) is 0 Å². The minimum absolute atomic E-state index is 0.130. The van der Waals surface area contributed by atoms with Crippen LogP contribution in [0.1, 0.15) is 39.5 Å². The lowest BCUT2D eigenvalue weighted by atomic mass is 9.95. The molecule has 130 valence electrons. The molecule has 0 heterocycles. The van der Waals surface area contributed by atoms with Crippen molar-refractivity contribution in [3.05, 3.63) is 0 Å². The first-order valence-electron chi connectivity index (χ1n) is 7.78. The molecule has 9 heteroatoms. The molecular formula is C13H28N4O3S2. The van der Waals surface area contributed by atoms with Crippen molar-refractivity contribution in [2.45, 2.75) is 50.8 Å². The average Bonchev–Trinajstić information content (AvgIpc) is 2.45. The normalized spacial score (nSPS) is 24.8. The maximum absolute atomic E-state index is 12.0. The van der Waals surface area contributed by atoms with Crippen LogP contribution in [0.4, 0.5) is 0 Å². The molecule has 4 N–H and O–H groups in total. The molecule has 22 heavy (non-hydrogen) atoms. The van der Waals surface area contributed by atoms with Crippen molar-refractivity contribution in [2.24, 2.45) is 10.1 Å². The van der Waals surface area contributed by atoms with E-state index in [1.165, 1.54) is 0 Å². The SMILES string of the molecule is CCNC(=NCCS(N)(=O)=O)NC1CCCC(S(=O)CC)C1. The number of nitrogens with one attached hydrogen (secondary N) is 2. The van der Waals surface area contributed by atoms with Crippen LogP contribution < -0.4 is 15.8 Å². The first-order chi connectivity index (χ1) is 10.4. The fourth-order valence-corrected chi connectivity index (χ4v) is 4.24. The monoisotopic (exact) mass is 352 g/mol. The Kier molecular flexibility index (Phi) is 8.34. The number of nitrogens with zero attached hydrogens (tertiary/aromatic N) is 1. The Balaban J connectivity index is 2.58. The number of rotatable bonds is 7. The van der Waals surface area contributed by atoms with E-state index >= 15 is 0 Å². The Bertz CT molecular complexity index is 494. The first-order valence-corrected chi connectivity index (χ1v) is 10.9. The van der Waals surface area contributed by atoms with Crippen molar-refractivity contribution in [3.8, 4) is 0 Å². The van der Waals surface area contributed by atoms with Crippen LogP contribution in [0, 0.1) is 0 Å². The molecule has 1 aliphatic rings. The quantitative estimate of drug-likeness (QED) is 0.438. The lowest BCUT2D eigenvalue weighted by Crippen LogP contribution is -2.46. The Hall–Kier alpha value is -0.670. The number of hydrogen-bond acceptors (Lipinski definition) is 4. The molecule has 3 unspecified atom stereocenters. The first kappa shape index (κ1) is 19.4. The van der Waals surface area contributed by atoms with Gasteiger partial charge < -0.3 is 10.6 Å². The third-order valence-electron chi connectivity index (χ3n) is 3.61. The highest BCUT2D eigenvalue weighted by molar-refractivity contribution is 7.89. The summed E-state index contributed by atoms with van der Waals surface area (Å²) in [6.45, 7) is 4.72. The largest absolute Gasteiger partial charge is 0.357 e. The Morgan fingerprint density at radius 2 is 2.09 bits per heavy atom. The van der Waals surface area contributed by atoms with Gasteiger partial charge in [0.2, 0.25) is 10.0 Å². The third kappa shape index (κ3) is 7.55. The summed E-state index contributed by atoms with van der Waals surface area (Å²) in [6, 6.07) is 0.224. The molecular weight excluding hydrogens is 324 g/mol. The number of guanidine groups is 1. The van der Waals surface area contributed by atoms with Gasteiger partial charge in [-0.3, -0.25) is 9.20 Å². The minimum atomic E-state index is -3.49. The fourth-order valence-electron chi connectivity index (χ4n) is 2.55. The van der Waals surface area contributed by atoms with Gasteiger partial charge in [0.25, 0.3) is 0 Å². The summed E-state index contributed by atoms with van der Waals surface area (Å²) in [4.78, 5) is 4.24. The predicted octanol–water partition coefficient (Wildman–Crippen LogP) is -0.0902. The second-order valence-corrected chi connectivity index (χ2v) is 9.17. The minimum Gasteiger partial charge on any atom is -0.357 e. The zero-order valence-electron chi connectivity index (χ0n) is 13.4. The number of hydrogen-bond donors (Lipinski definition) is 3. The van der Waals surface area contributed by atoms with Crippen molar-refractivity contribution < 1.29 is 12.6 Å². The highest BCUT2D eigenvalue weighted by atomic mass is 32.2. The average molecular weight is 353 g/mol. The maximum Gasteiger partial charge on any atom is 0.210 e. The lowest BCUT2D eigenvalue weighted by molar-refractivity contribution is 0.413.